The molecule has 172 valence electrons. The highest BCUT2D eigenvalue weighted by molar-refractivity contribution is 6.07. The van der Waals surface area contributed by atoms with Crippen molar-refractivity contribution in [1.29, 1.82) is 0 Å². The fourth-order valence-electron chi connectivity index (χ4n) is 4.12. The van der Waals surface area contributed by atoms with E-state index >= 15 is 0 Å². The highest BCUT2D eigenvalue weighted by Crippen LogP contribution is 2.31. The molecule has 1 aromatic carbocycles. The summed E-state index contributed by atoms with van der Waals surface area (Å²) in [6.45, 7) is 11.0. The van der Waals surface area contributed by atoms with Crippen LogP contribution >= 0.6 is 0 Å². The second-order valence-corrected chi connectivity index (χ2v) is 7.98. The predicted octanol–water partition coefficient (Wildman–Crippen LogP) is 3.76. The molecule has 0 saturated carbocycles. The van der Waals surface area contributed by atoms with Crippen molar-refractivity contribution in [3.8, 4) is 5.75 Å². The van der Waals surface area contributed by atoms with Crippen LogP contribution in [0.15, 0.2) is 35.5 Å². The van der Waals surface area contributed by atoms with Gasteiger partial charge in [0.2, 0.25) is 0 Å². The third-order valence-corrected chi connectivity index (χ3v) is 5.89. The largest absolute Gasteiger partial charge is 0.497 e. The zero-order valence-corrected chi connectivity index (χ0v) is 19.9. The number of aryl methyl sites for hydroxylation is 1. The first-order valence-electron chi connectivity index (χ1n) is 11.2. The van der Waals surface area contributed by atoms with Crippen LogP contribution in [0.4, 0.5) is 11.5 Å². The Morgan fingerprint density at radius 1 is 1.16 bits per heavy atom. The van der Waals surface area contributed by atoms with Crippen LogP contribution in [0.3, 0.4) is 0 Å². The Morgan fingerprint density at radius 2 is 1.91 bits per heavy atom. The van der Waals surface area contributed by atoms with E-state index in [1.165, 1.54) is 0 Å². The first-order valence-corrected chi connectivity index (χ1v) is 11.2. The predicted molar refractivity (Wildman–Crippen MR) is 129 cm³/mol. The lowest BCUT2D eigenvalue weighted by molar-refractivity contribution is 0.101. The molecule has 0 atom stereocenters. The Morgan fingerprint density at radius 3 is 2.53 bits per heavy atom. The molecule has 1 aliphatic heterocycles. The Kier molecular flexibility index (Phi) is 8.36. The fraction of sp³-hybridized carbons (Fsp3) is 0.480. The summed E-state index contributed by atoms with van der Waals surface area (Å²) in [4.78, 5) is 26.7. The summed E-state index contributed by atoms with van der Waals surface area (Å²) >= 11 is 0. The van der Waals surface area contributed by atoms with Crippen molar-refractivity contribution in [3.63, 3.8) is 0 Å². The van der Waals surface area contributed by atoms with Crippen LogP contribution in [0, 0.1) is 0 Å². The van der Waals surface area contributed by atoms with E-state index in [2.05, 4.69) is 14.8 Å². The maximum Gasteiger partial charge on any atom is 0.162 e. The van der Waals surface area contributed by atoms with Gasteiger partial charge in [-0.1, -0.05) is 6.92 Å². The third kappa shape index (κ3) is 5.53. The first-order chi connectivity index (χ1) is 15.5. The van der Waals surface area contributed by atoms with Crippen molar-refractivity contribution in [2.75, 3.05) is 58.5 Å². The van der Waals surface area contributed by atoms with E-state index in [4.69, 9.17) is 14.5 Å². The quantitative estimate of drug-likeness (QED) is 0.439. The first kappa shape index (κ1) is 23.9. The van der Waals surface area contributed by atoms with E-state index in [9.17, 15) is 4.79 Å². The molecule has 32 heavy (non-hydrogen) atoms. The summed E-state index contributed by atoms with van der Waals surface area (Å²) in [5.41, 5.74) is 4.05. The lowest BCUT2D eigenvalue weighted by Gasteiger charge is -2.36. The van der Waals surface area contributed by atoms with Crippen LogP contribution in [-0.2, 0) is 11.2 Å². The molecule has 1 aromatic heterocycles. The van der Waals surface area contributed by atoms with Gasteiger partial charge in [0.05, 0.1) is 19.4 Å². The third-order valence-electron chi connectivity index (χ3n) is 5.89. The number of methoxy groups -OCH3 is 2. The van der Waals surface area contributed by atoms with Gasteiger partial charge in [-0.15, -0.1) is 0 Å². The summed E-state index contributed by atoms with van der Waals surface area (Å²) in [5, 5.41) is 0. The Bertz CT molecular complexity index is 966. The average Bonchev–Trinajstić information content (AvgIpc) is 2.82. The number of benzene rings is 1. The minimum atomic E-state index is 0.00893. The molecule has 3 rings (SSSR count). The summed E-state index contributed by atoms with van der Waals surface area (Å²) in [5.74, 6) is 1.65. The minimum Gasteiger partial charge on any atom is -0.497 e. The molecule has 1 aliphatic rings. The summed E-state index contributed by atoms with van der Waals surface area (Å²) in [7, 11) is 3.37. The Balaban J connectivity index is 1.93. The van der Waals surface area contributed by atoms with Gasteiger partial charge in [0, 0.05) is 68.9 Å². The smallest absolute Gasteiger partial charge is 0.162 e. The molecule has 1 fully saturated rings. The van der Waals surface area contributed by atoms with Gasteiger partial charge in [-0.2, -0.15) is 0 Å². The molecule has 0 aliphatic carbocycles. The molecule has 0 unspecified atom stereocenters. The highest BCUT2D eigenvalue weighted by atomic mass is 16.5. The number of hydrogen-bond acceptors (Lipinski definition) is 7. The van der Waals surface area contributed by atoms with E-state index in [0.29, 0.717) is 17.0 Å². The van der Waals surface area contributed by atoms with Gasteiger partial charge in [-0.05, 0) is 44.0 Å². The Hall–Kier alpha value is -2.77. The molecule has 2 heterocycles. The lowest BCUT2D eigenvalue weighted by Crippen LogP contribution is -2.48. The summed E-state index contributed by atoms with van der Waals surface area (Å²) in [6, 6.07) is 7.74. The second kappa shape index (κ2) is 11.2. The van der Waals surface area contributed by atoms with Crippen molar-refractivity contribution in [1.82, 2.24) is 9.88 Å². The number of Topliss-reactive ketones (excluding diaryl/α,β-unsaturated/α-hetero) is 1. The second-order valence-electron chi connectivity index (χ2n) is 7.98. The molecule has 0 N–H and O–H groups in total. The van der Waals surface area contributed by atoms with Gasteiger partial charge >= 0.3 is 0 Å². The summed E-state index contributed by atoms with van der Waals surface area (Å²) < 4.78 is 10.7. The van der Waals surface area contributed by atoms with E-state index in [0.717, 1.165) is 68.4 Å². The monoisotopic (exact) mass is 438 g/mol. The van der Waals surface area contributed by atoms with Crippen molar-refractivity contribution in [2.45, 2.75) is 27.2 Å². The zero-order chi connectivity index (χ0) is 23.1. The molecule has 2 aromatic rings. The van der Waals surface area contributed by atoms with Gasteiger partial charge in [0.25, 0.3) is 0 Å². The zero-order valence-electron chi connectivity index (χ0n) is 19.9. The molecular formula is C25H34N4O3. The van der Waals surface area contributed by atoms with E-state index < -0.39 is 0 Å². The van der Waals surface area contributed by atoms with Crippen LogP contribution in [-0.4, -0.2) is 74.9 Å². The number of carbonyl (C=O) groups excluding carboxylic acids is 1. The van der Waals surface area contributed by atoms with Gasteiger partial charge in [0.1, 0.15) is 11.6 Å². The topological polar surface area (TPSA) is 67.3 Å². The lowest BCUT2D eigenvalue weighted by atomic mass is 9.99. The van der Waals surface area contributed by atoms with Gasteiger partial charge in [0.15, 0.2) is 5.78 Å². The number of rotatable bonds is 9. The van der Waals surface area contributed by atoms with Crippen LogP contribution in [0.25, 0.3) is 0 Å². The van der Waals surface area contributed by atoms with Crippen LogP contribution in [0.5, 0.6) is 5.75 Å². The van der Waals surface area contributed by atoms with Gasteiger partial charge in [-0.3, -0.25) is 14.7 Å². The van der Waals surface area contributed by atoms with E-state index in [-0.39, 0.29) is 5.78 Å². The molecule has 0 radical (unpaired) electrons. The Labute approximate surface area is 191 Å². The molecule has 7 nitrogen and oxygen atoms in total. The molecule has 7 heteroatoms. The minimum absolute atomic E-state index is 0.00893. The standard InChI is InChI=1S/C25H34N4O3/c1-6-20-16-21(32-5)17-23(24(20)19(3)30)27-18(2)22-8-7-9-26-25(22)29-12-10-28(11-13-29)14-15-31-4/h7-9,16-17H,6,10-15H2,1-5H3. The number of ether oxygens (including phenoxy) is 2. The number of ketones is 1. The SMILES string of the molecule is CCc1cc(OC)cc(N=C(C)c2cccnc2N2CCN(CCOC)CC2)c1C(C)=O. The average molecular weight is 439 g/mol. The normalized spacial score (nSPS) is 15.2. The van der Waals surface area contributed by atoms with Crippen molar-refractivity contribution in [2.24, 2.45) is 4.99 Å². The number of aromatic nitrogens is 1. The highest BCUT2D eigenvalue weighted by Gasteiger charge is 2.21. The number of aliphatic imine (C=N–C) groups is 1. The number of piperazine rings is 1. The van der Waals surface area contributed by atoms with Crippen molar-refractivity contribution in [3.05, 3.63) is 47.2 Å². The van der Waals surface area contributed by atoms with Crippen LogP contribution in [0.1, 0.15) is 42.3 Å². The number of anilines is 1. The molecule has 0 amide bonds. The van der Waals surface area contributed by atoms with E-state index in [1.54, 1.807) is 21.1 Å². The van der Waals surface area contributed by atoms with Crippen LogP contribution < -0.4 is 9.64 Å². The number of pyridine rings is 1. The fourth-order valence-corrected chi connectivity index (χ4v) is 4.12. The molecule has 1 saturated heterocycles. The maximum atomic E-state index is 12.4. The van der Waals surface area contributed by atoms with E-state index in [1.807, 2.05) is 44.3 Å². The van der Waals surface area contributed by atoms with Crippen molar-refractivity contribution < 1.29 is 14.3 Å². The number of nitrogens with zero attached hydrogens (tertiary/aromatic N) is 4. The van der Waals surface area contributed by atoms with Gasteiger partial charge in [-0.25, -0.2) is 4.98 Å². The molecule has 0 bridgehead atoms. The maximum absolute atomic E-state index is 12.4. The molecular weight excluding hydrogens is 404 g/mol. The van der Waals surface area contributed by atoms with Crippen molar-refractivity contribution >= 4 is 23.0 Å². The summed E-state index contributed by atoms with van der Waals surface area (Å²) in [6.07, 6.45) is 2.56. The number of carbonyl (C=O) groups is 1. The number of hydrogen-bond donors (Lipinski definition) is 0. The van der Waals surface area contributed by atoms with Crippen LogP contribution in [0.2, 0.25) is 0 Å². The molecule has 0 spiro atoms. The van der Waals surface area contributed by atoms with Gasteiger partial charge < -0.3 is 14.4 Å².